The van der Waals surface area contributed by atoms with E-state index in [1.54, 1.807) is 24.3 Å². The number of benzene rings is 3. The molecular weight excluding hydrogens is 568 g/mol. The number of halogens is 1. The van der Waals surface area contributed by atoms with Crippen molar-refractivity contribution in [2.75, 3.05) is 17.1 Å². The second-order valence-electron chi connectivity index (χ2n) is 9.68. The van der Waals surface area contributed by atoms with Gasteiger partial charge in [-0.15, -0.1) is 0 Å². The largest absolute Gasteiger partial charge is 0.352 e. The Balaban J connectivity index is 2.09. The standard InChI is InChI=1S/C29H33ClN4O6S/c1-4-21(2)31-29(36)27(17-22-11-6-5-7-12-22)32(19-23-13-8-9-16-26(23)30)28(35)20-33(41(3,39)40)24-14-10-15-25(18-24)34(37)38/h5-16,18,21,27H,4,17,19-20H2,1-3H3,(H,31,36)/t21-,27-/m0/s1. The van der Waals surface area contributed by atoms with Gasteiger partial charge in [0.1, 0.15) is 12.6 Å². The van der Waals surface area contributed by atoms with E-state index in [4.69, 9.17) is 11.6 Å². The average Bonchev–Trinajstić information content (AvgIpc) is 2.94. The number of amides is 2. The summed E-state index contributed by atoms with van der Waals surface area (Å²) in [5, 5.41) is 14.7. The second kappa shape index (κ2) is 14.1. The predicted molar refractivity (Wildman–Crippen MR) is 159 cm³/mol. The minimum Gasteiger partial charge on any atom is -0.352 e. The number of sulfonamides is 1. The third-order valence-electron chi connectivity index (χ3n) is 6.58. The zero-order chi connectivity index (χ0) is 30.2. The van der Waals surface area contributed by atoms with Crippen LogP contribution in [0.3, 0.4) is 0 Å². The van der Waals surface area contributed by atoms with Gasteiger partial charge in [0.05, 0.1) is 16.9 Å². The molecule has 218 valence electrons. The van der Waals surface area contributed by atoms with E-state index in [9.17, 15) is 28.1 Å². The minimum atomic E-state index is -4.06. The highest BCUT2D eigenvalue weighted by Gasteiger charge is 2.34. The zero-order valence-electron chi connectivity index (χ0n) is 23.1. The Kier molecular flexibility index (Phi) is 10.8. The zero-order valence-corrected chi connectivity index (χ0v) is 24.6. The van der Waals surface area contributed by atoms with Crippen molar-refractivity contribution in [3.8, 4) is 0 Å². The molecule has 3 rings (SSSR count). The maximum atomic E-state index is 14.1. The maximum Gasteiger partial charge on any atom is 0.271 e. The van der Waals surface area contributed by atoms with Gasteiger partial charge in [0.15, 0.2) is 0 Å². The molecule has 0 spiro atoms. The number of nitrogens with zero attached hydrogens (tertiary/aromatic N) is 3. The van der Waals surface area contributed by atoms with Crippen LogP contribution < -0.4 is 9.62 Å². The minimum absolute atomic E-state index is 0.0450. The first-order chi connectivity index (χ1) is 19.4. The van der Waals surface area contributed by atoms with Gasteiger partial charge >= 0.3 is 0 Å². The van der Waals surface area contributed by atoms with E-state index in [0.717, 1.165) is 22.2 Å². The van der Waals surface area contributed by atoms with Gasteiger partial charge in [-0.05, 0) is 36.6 Å². The highest BCUT2D eigenvalue weighted by molar-refractivity contribution is 7.92. The molecule has 0 aliphatic heterocycles. The summed E-state index contributed by atoms with van der Waals surface area (Å²) >= 11 is 6.44. The summed E-state index contributed by atoms with van der Waals surface area (Å²) in [7, 11) is -4.06. The number of carbonyl (C=O) groups is 2. The SMILES string of the molecule is CC[C@H](C)NC(=O)[C@H](Cc1ccccc1)N(Cc1ccccc1Cl)C(=O)CN(c1cccc([N+](=O)[O-])c1)S(C)(=O)=O. The van der Waals surface area contributed by atoms with Crippen molar-refractivity contribution in [1.29, 1.82) is 0 Å². The van der Waals surface area contributed by atoms with E-state index < -0.39 is 39.3 Å². The third kappa shape index (κ3) is 8.76. The Morgan fingerprint density at radius 1 is 1.02 bits per heavy atom. The van der Waals surface area contributed by atoms with E-state index in [1.165, 1.54) is 23.1 Å². The fourth-order valence-corrected chi connectivity index (χ4v) is 5.22. The molecule has 0 heterocycles. The van der Waals surface area contributed by atoms with E-state index in [2.05, 4.69) is 5.32 Å². The normalized spacial score (nSPS) is 12.7. The highest BCUT2D eigenvalue weighted by Crippen LogP contribution is 2.25. The quantitative estimate of drug-likeness (QED) is 0.226. The van der Waals surface area contributed by atoms with Gasteiger partial charge in [0, 0.05) is 36.2 Å². The van der Waals surface area contributed by atoms with Crippen LogP contribution in [-0.4, -0.2) is 54.9 Å². The lowest BCUT2D eigenvalue weighted by atomic mass is 10.0. The molecule has 0 radical (unpaired) electrons. The molecule has 41 heavy (non-hydrogen) atoms. The first kappa shape index (κ1) is 31.6. The third-order valence-corrected chi connectivity index (χ3v) is 8.09. The van der Waals surface area contributed by atoms with Crippen molar-refractivity contribution in [2.45, 2.75) is 45.3 Å². The molecule has 0 aromatic heterocycles. The Morgan fingerprint density at radius 3 is 2.29 bits per heavy atom. The molecule has 1 N–H and O–H groups in total. The molecule has 0 unspecified atom stereocenters. The smallest absolute Gasteiger partial charge is 0.271 e. The monoisotopic (exact) mass is 600 g/mol. The topological polar surface area (TPSA) is 130 Å². The second-order valence-corrected chi connectivity index (χ2v) is 12.0. The van der Waals surface area contributed by atoms with Crippen LogP contribution in [0.15, 0.2) is 78.9 Å². The summed E-state index contributed by atoms with van der Waals surface area (Å²) in [6, 6.07) is 19.9. The maximum absolute atomic E-state index is 14.1. The number of non-ortho nitro benzene ring substituents is 1. The molecule has 0 fully saturated rings. The van der Waals surface area contributed by atoms with Gasteiger partial charge in [0.25, 0.3) is 5.69 Å². The molecule has 3 aromatic carbocycles. The van der Waals surface area contributed by atoms with Crippen LogP contribution in [0.1, 0.15) is 31.4 Å². The Bertz CT molecular complexity index is 1490. The van der Waals surface area contributed by atoms with Gasteiger partial charge in [-0.25, -0.2) is 8.42 Å². The first-order valence-electron chi connectivity index (χ1n) is 13.0. The van der Waals surface area contributed by atoms with Crippen molar-refractivity contribution in [1.82, 2.24) is 10.2 Å². The van der Waals surface area contributed by atoms with Crippen LogP contribution in [0, 0.1) is 10.1 Å². The molecule has 0 aliphatic carbocycles. The lowest BCUT2D eigenvalue weighted by molar-refractivity contribution is -0.384. The number of nitro groups is 1. The van der Waals surface area contributed by atoms with Crippen LogP contribution in [0.4, 0.5) is 11.4 Å². The summed E-state index contributed by atoms with van der Waals surface area (Å²) in [6.45, 7) is 3.01. The van der Waals surface area contributed by atoms with Crippen LogP contribution in [0.25, 0.3) is 0 Å². The molecule has 2 amide bonds. The van der Waals surface area contributed by atoms with Crippen molar-refractivity contribution < 1.29 is 22.9 Å². The van der Waals surface area contributed by atoms with Gasteiger partial charge in [0.2, 0.25) is 21.8 Å². The van der Waals surface area contributed by atoms with E-state index in [-0.39, 0.29) is 30.4 Å². The van der Waals surface area contributed by atoms with Gasteiger partial charge in [-0.3, -0.25) is 24.0 Å². The predicted octanol–water partition coefficient (Wildman–Crippen LogP) is 4.57. The van der Waals surface area contributed by atoms with Crippen LogP contribution >= 0.6 is 11.6 Å². The van der Waals surface area contributed by atoms with Gasteiger partial charge in [-0.2, -0.15) is 0 Å². The Hall–Kier alpha value is -3.96. The Labute approximate surface area is 245 Å². The Morgan fingerprint density at radius 2 is 1.68 bits per heavy atom. The molecule has 0 bridgehead atoms. The first-order valence-corrected chi connectivity index (χ1v) is 15.2. The summed E-state index contributed by atoms with van der Waals surface area (Å²) in [5.41, 5.74) is 0.994. The summed E-state index contributed by atoms with van der Waals surface area (Å²) < 4.78 is 26.5. The van der Waals surface area contributed by atoms with Crippen molar-refractivity contribution in [3.05, 3.63) is 105 Å². The lowest BCUT2D eigenvalue weighted by Crippen LogP contribution is -2.54. The van der Waals surface area contributed by atoms with Gasteiger partial charge in [-0.1, -0.05) is 73.1 Å². The summed E-state index contributed by atoms with van der Waals surface area (Å²) in [5.74, 6) is -1.08. The fourth-order valence-electron chi connectivity index (χ4n) is 4.18. The number of nitrogens with one attached hydrogen (secondary N) is 1. The molecule has 2 atom stereocenters. The summed E-state index contributed by atoms with van der Waals surface area (Å²) in [6.07, 6.45) is 1.74. The number of nitro benzene ring substituents is 1. The van der Waals surface area contributed by atoms with Gasteiger partial charge < -0.3 is 10.2 Å². The number of carbonyl (C=O) groups excluding carboxylic acids is 2. The lowest BCUT2D eigenvalue weighted by Gasteiger charge is -2.34. The molecule has 3 aromatic rings. The molecule has 0 saturated heterocycles. The van der Waals surface area contributed by atoms with E-state index >= 15 is 0 Å². The van der Waals surface area contributed by atoms with Crippen LogP contribution in [0.2, 0.25) is 5.02 Å². The number of hydrogen-bond donors (Lipinski definition) is 1. The van der Waals surface area contributed by atoms with E-state index in [1.807, 2.05) is 44.2 Å². The fraction of sp³-hybridized carbons (Fsp3) is 0.310. The summed E-state index contributed by atoms with van der Waals surface area (Å²) in [4.78, 5) is 39.7. The van der Waals surface area contributed by atoms with Crippen LogP contribution in [-0.2, 0) is 32.6 Å². The number of hydrogen-bond acceptors (Lipinski definition) is 6. The molecule has 0 aliphatic rings. The molecule has 0 saturated carbocycles. The van der Waals surface area contributed by atoms with Crippen molar-refractivity contribution in [3.63, 3.8) is 0 Å². The molecule has 12 heteroatoms. The molecular formula is C29H33ClN4O6S. The number of rotatable bonds is 13. The average molecular weight is 601 g/mol. The van der Waals surface area contributed by atoms with Crippen molar-refractivity contribution in [2.24, 2.45) is 0 Å². The van der Waals surface area contributed by atoms with E-state index in [0.29, 0.717) is 17.0 Å². The molecule has 10 nitrogen and oxygen atoms in total. The number of anilines is 1. The van der Waals surface area contributed by atoms with Crippen molar-refractivity contribution >= 4 is 44.8 Å². The highest BCUT2D eigenvalue weighted by atomic mass is 35.5. The van der Waals surface area contributed by atoms with Crippen LogP contribution in [0.5, 0.6) is 0 Å².